The van der Waals surface area contributed by atoms with E-state index >= 15 is 0 Å². The lowest BCUT2D eigenvalue weighted by atomic mass is 9.95. The van der Waals surface area contributed by atoms with Gasteiger partial charge in [-0.15, -0.1) is 0 Å². The molecule has 3 heterocycles. The zero-order valence-electron chi connectivity index (χ0n) is 16.8. The standard InChI is InChI=1S/C23H32N4/c1-18(2)27-12-8-20-7-6-19(13-21(20)16-27)5-3-4-10-26-11-9-23-22(15-26)14-24-17-25-23/h6-7,13-14,17-18H,3-5,8-12,15-16H2,1-2H3. The molecule has 0 amide bonds. The lowest BCUT2D eigenvalue weighted by Crippen LogP contribution is -2.35. The molecule has 27 heavy (non-hydrogen) atoms. The third kappa shape index (κ3) is 4.56. The summed E-state index contributed by atoms with van der Waals surface area (Å²) in [6.45, 7) is 10.3. The summed E-state index contributed by atoms with van der Waals surface area (Å²) in [6, 6.07) is 7.85. The van der Waals surface area contributed by atoms with E-state index in [4.69, 9.17) is 0 Å². The van der Waals surface area contributed by atoms with Crippen LogP contribution in [-0.4, -0.2) is 45.4 Å². The van der Waals surface area contributed by atoms with Crippen LogP contribution >= 0.6 is 0 Å². The summed E-state index contributed by atoms with van der Waals surface area (Å²) < 4.78 is 0. The summed E-state index contributed by atoms with van der Waals surface area (Å²) in [5.74, 6) is 0. The number of aryl methyl sites for hydroxylation is 1. The van der Waals surface area contributed by atoms with Crippen molar-refractivity contribution < 1.29 is 0 Å². The van der Waals surface area contributed by atoms with E-state index in [1.807, 2.05) is 6.20 Å². The number of aromatic nitrogens is 2. The van der Waals surface area contributed by atoms with Gasteiger partial charge in [-0.3, -0.25) is 9.80 Å². The highest BCUT2D eigenvalue weighted by Gasteiger charge is 2.19. The van der Waals surface area contributed by atoms with Gasteiger partial charge in [0.2, 0.25) is 0 Å². The van der Waals surface area contributed by atoms with Gasteiger partial charge in [-0.1, -0.05) is 18.2 Å². The molecule has 0 N–H and O–H groups in total. The molecule has 1 aromatic carbocycles. The van der Waals surface area contributed by atoms with Gasteiger partial charge >= 0.3 is 0 Å². The quantitative estimate of drug-likeness (QED) is 0.733. The minimum absolute atomic E-state index is 0.641. The Bertz CT molecular complexity index is 771. The number of unbranched alkanes of at least 4 members (excludes halogenated alkanes) is 1. The van der Waals surface area contributed by atoms with Crippen molar-refractivity contribution in [3.8, 4) is 0 Å². The van der Waals surface area contributed by atoms with Crippen LogP contribution in [0.1, 0.15) is 54.6 Å². The van der Waals surface area contributed by atoms with Gasteiger partial charge in [0.1, 0.15) is 6.33 Å². The summed E-state index contributed by atoms with van der Waals surface area (Å²) in [5, 5.41) is 0. The number of nitrogens with zero attached hydrogens (tertiary/aromatic N) is 4. The van der Waals surface area contributed by atoms with Crippen LogP contribution in [0.25, 0.3) is 0 Å². The first kappa shape index (κ1) is 18.6. The maximum atomic E-state index is 4.40. The molecule has 2 aliphatic heterocycles. The molecule has 0 bridgehead atoms. The van der Waals surface area contributed by atoms with E-state index in [0.717, 1.165) is 26.1 Å². The van der Waals surface area contributed by atoms with Crippen molar-refractivity contribution in [2.75, 3.05) is 19.6 Å². The van der Waals surface area contributed by atoms with Gasteiger partial charge in [0.25, 0.3) is 0 Å². The Hall–Kier alpha value is -1.78. The summed E-state index contributed by atoms with van der Waals surface area (Å²) in [6.07, 6.45) is 9.65. The Balaban J connectivity index is 1.25. The third-order valence-corrected chi connectivity index (χ3v) is 6.17. The second kappa shape index (κ2) is 8.49. The molecule has 0 fully saturated rings. The summed E-state index contributed by atoms with van der Waals surface area (Å²) in [7, 11) is 0. The Morgan fingerprint density at radius 3 is 2.81 bits per heavy atom. The van der Waals surface area contributed by atoms with Gasteiger partial charge in [-0.25, -0.2) is 9.97 Å². The van der Waals surface area contributed by atoms with Gasteiger partial charge in [0.15, 0.2) is 0 Å². The van der Waals surface area contributed by atoms with E-state index < -0.39 is 0 Å². The minimum atomic E-state index is 0.641. The Morgan fingerprint density at radius 2 is 1.93 bits per heavy atom. The molecular formula is C23H32N4. The van der Waals surface area contributed by atoms with Crippen LogP contribution in [0.3, 0.4) is 0 Å². The van der Waals surface area contributed by atoms with Crippen LogP contribution in [0.4, 0.5) is 0 Å². The van der Waals surface area contributed by atoms with E-state index in [0.29, 0.717) is 6.04 Å². The second-order valence-electron chi connectivity index (χ2n) is 8.40. The van der Waals surface area contributed by atoms with Gasteiger partial charge in [0.05, 0.1) is 0 Å². The van der Waals surface area contributed by atoms with Crippen LogP contribution in [0.2, 0.25) is 0 Å². The van der Waals surface area contributed by atoms with Crippen LogP contribution in [0, 0.1) is 0 Å². The second-order valence-corrected chi connectivity index (χ2v) is 8.40. The van der Waals surface area contributed by atoms with Crippen LogP contribution < -0.4 is 0 Å². The van der Waals surface area contributed by atoms with Crippen molar-refractivity contribution in [2.45, 2.75) is 65.1 Å². The molecule has 0 unspecified atom stereocenters. The first-order valence-electron chi connectivity index (χ1n) is 10.5. The highest BCUT2D eigenvalue weighted by atomic mass is 15.1. The first-order valence-corrected chi connectivity index (χ1v) is 10.5. The maximum Gasteiger partial charge on any atom is 0.115 e. The summed E-state index contributed by atoms with van der Waals surface area (Å²) >= 11 is 0. The van der Waals surface area contributed by atoms with E-state index in [1.165, 1.54) is 55.6 Å². The summed E-state index contributed by atoms with van der Waals surface area (Å²) in [5.41, 5.74) is 7.18. The van der Waals surface area contributed by atoms with Crippen LogP contribution in [0.15, 0.2) is 30.7 Å². The number of hydrogen-bond donors (Lipinski definition) is 0. The van der Waals surface area contributed by atoms with Gasteiger partial charge in [0, 0.05) is 56.1 Å². The molecule has 0 saturated carbocycles. The molecule has 4 rings (SSSR count). The lowest BCUT2D eigenvalue weighted by molar-refractivity contribution is 0.203. The van der Waals surface area contributed by atoms with E-state index in [-0.39, 0.29) is 0 Å². The van der Waals surface area contributed by atoms with Crippen molar-refractivity contribution in [3.05, 3.63) is 58.7 Å². The lowest BCUT2D eigenvalue weighted by Gasteiger charge is -2.32. The van der Waals surface area contributed by atoms with Crippen molar-refractivity contribution in [2.24, 2.45) is 0 Å². The fourth-order valence-electron chi connectivity index (χ4n) is 4.41. The molecular weight excluding hydrogens is 332 g/mol. The molecule has 0 saturated heterocycles. The molecule has 1 aromatic heterocycles. The molecule has 4 heteroatoms. The molecule has 0 aliphatic carbocycles. The van der Waals surface area contributed by atoms with Crippen molar-refractivity contribution in [1.29, 1.82) is 0 Å². The Morgan fingerprint density at radius 1 is 1.00 bits per heavy atom. The Kier molecular flexibility index (Phi) is 5.84. The average molecular weight is 365 g/mol. The number of fused-ring (bicyclic) bond motifs is 2. The average Bonchev–Trinajstić information content (AvgIpc) is 2.70. The van der Waals surface area contributed by atoms with Crippen molar-refractivity contribution >= 4 is 0 Å². The third-order valence-electron chi connectivity index (χ3n) is 6.17. The number of hydrogen-bond acceptors (Lipinski definition) is 4. The van der Waals surface area contributed by atoms with Gasteiger partial charge in [-0.2, -0.15) is 0 Å². The predicted molar refractivity (Wildman–Crippen MR) is 110 cm³/mol. The zero-order chi connectivity index (χ0) is 18.6. The van der Waals surface area contributed by atoms with Crippen molar-refractivity contribution in [1.82, 2.24) is 19.8 Å². The van der Waals surface area contributed by atoms with E-state index in [2.05, 4.69) is 51.8 Å². The monoisotopic (exact) mass is 364 g/mol. The maximum absolute atomic E-state index is 4.40. The summed E-state index contributed by atoms with van der Waals surface area (Å²) in [4.78, 5) is 13.7. The molecule has 0 atom stereocenters. The van der Waals surface area contributed by atoms with Crippen LogP contribution in [0.5, 0.6) is 0 Å². The topological polar surface area (TPSA) is 32.3 Å². The molecule has 2 aromatic rings. The zero-order valence-corrected chi connectivity index (χ0v) is 16.8. The smallest absolute Gasteiger partial charge is 0.115 e. The number of rotatable bonds is 6. The van der Waals surface area contributed by atoms with Crippen LogP contribution in [-0.2, 0) is 32.4 Å². The fourth-order valence-corrected chi connectivity index (χ4v) is 4.41. The highest BCUT2D eigenvalue weighted by molar-refractivity contribution is 5.34. The van der Waals surface area contributed by atoms with E-state index in [9.17, 15) is 0 Å². The predicted octanol–water partition coefficient (Wildman–Crippen LogP) is 3.62. The van der Waals surface area contributed by atoms with Gasteiger partial charge < -0.3 is 0 Å². The number of benzene rings is 1. The molecule has 0 spiro atoms. The molecule has 2 aliphatic rings. The van der Waals surface area contributed by atoms with Gasteiger partial charge in [-0.05, 0) is 62.8 Å². The normalized spacial score (nSPS) is 17.7. The minimum Gasteiger partial charge on any atom is -0.299 e. The molecule has 4 nitrogen and oxygen atoms in total. The Labute approximate surface area is 163 Å². The highest BCUT2D eigenvalue weighted by Crippen LogP contribution is 2.23. The SMILES string of the molecule is CC(C)N1CCc2ccc(CCCCN3CCc4ncncc4C3)cc2C1. The molecule has 0 radical (unpaired) electrons. The first-order chi connectivity index (χ1) is 13.2. The van der Waals surface area contributed by atoms with Crippen molar-refractivity contribution in [3.63, 3.8) is 0 Å². The van der Waals surface area contributed by atoms with E-state index in [1.54, 1.807) is 17.5 Å². The fraction of sp³-hybridized carbons (Fsp3) is 0.565. The molecule has 144 valence electrons. The largest absolute Gasteiger partial charge is 0.299 e.